The number of halogens is 1. The van der Waals surface area contributed by atoms with E-state index in [1.165, 1.54) is 0 Å². The average molecular weight is 275 g/mol. The molecule has 19 heavy (non-hydrogen) atoms. The molecule has 0 aliphatic rings. The van der Waals surface area contributed by atoms with E-state index >= 15 is 0 Å². The summed E-state index contributed by atoms with van der Waals surface area (Å²) < 4.78 is 3.90. The highest BCUT2D eigenvalue weighted by molar-refractivity contribution is 6.35. The van der Waals surface area contributed by atoms with Crippen LogP contribution in [0.4, 0.5) is 5.69 Å². The largest absolute Gasteiger partial charge is 0.396 e. The Kier molecular flexibility index (Phi) is 2.57. The van der Waals surface area contributed by atoms with Gasteiger partial charge < -0.3 is 10.3 Å². The third-order valence-corrected chi connectivity index (χ3v) is 3.97. The number of fused-ring (bicyclic) bond motifs is 1. The van der Waals surface area contributed by atoms with Gasteiger partial charge in [0.2, 0.25) is 0 Å². The molecule has 0 amide bonds. The Labute approximate surface area is 116 Å². The zero-order valence-corrected chi connectivity index (χ0v) is 11.9. The topological polar surface area (TPSA) is 48.8 Å². The van der Waals surface area contributed by atoms with Gasteiger partial charge in [-0.25, -0.2) is 0 Å². The summed E-state index contributed by atoms with van der Waals surface area (Å²) in [6.45, 7) is 2.07. The van der Waals surface area contributed by atoms with Gasteiger partial charge in [-0.15, -0.1) is 0 Å². The van der Waals surface area contributed by atoms with E-state index < -0.39 is 0 Å². The van der Waals surface area contributed by atoms with Crippen LogP contribution in [-0.4, -0.2) is 14.3 Å². The average Bonchev–Trinajstić information content (AvgIpc) is 2.81. The van der Waals surface area contributed by atoms with Crippen molar-refractivity contribution in [2.75, 3.05) is 5.73 Å². The number of benzene rings is 1. The standard InChI is InChI=1S/C14H15ClN4/c1-8-12(14-11(16)7-17-19(14)3)9-5-4-6-10(15)13(9)18(8)2/h4-7H,16H2,1-3H3. The molecule has 0 spiro atoms. The third-order valence-electron chi connectivity index (χ3n) is 3.66. The van der Waals surface area contributed by atoms with E-state index in [4.69, 9.17) is 17.3 Å². The van der Waals surface area contributed by atoms with Crippen LogP contribution in [-0.2, 0) is 14.1 Å². The van der Waals surface area contributed by atoms with E-state index in [1.54, 1.807) is 10.9 Å². The number of rotatable bonds is 1. The van der Waals surface area contributed by atoms with E-state index in [-0.39, 0.29) is 0 Å². The molecule has 0 saturated heterocycles. The lowest BCUT2D eigenvalue weighted by Gasteiger charge is -2.05. The van der Waals surface area contributed by atoms with Gasteiger partial charge in [0.05, 0.1) is 28.1 Å². The van der Waals surface area contributed by atoms with Crippen molar-refractivity contribution in [2.45, 2.75) is 6.92 Å². The highest BCUT2D eigenvalue weighted by atomic mass is 35.5. The molecule has 0 fully saturated rings. The number of hydrogen-bond acceptors (Lipinski definition) is 2. The van der Waals surface area contributed by atoms with Crippen molar-refractivity contribution in [3.8, 4) is 11.3 Å². The molecule has 5 heteroatoms. The summed E-state index contributed by atoms with van der Waals surface area (Å²) in [4.78, 5) is 0. The van der Waals surface area contributed by atoms with Crippen LogP contribution in [0.15, 0.2) is 24.4 Å². The van der Waals surface area contributed by atoms with Gasteiger partial charge in [0, 0.05) is 30.7 Å². The third kappa shape index (κ3) is 1.56. The Bertz CT molecular complexity index is 763. The molecule has 0 saturated carbocycles. The second-order valence-corrected chi connectivity index (χ2v) is 5.13. The minimum absolute atomic E-state index is 0.679. The van der Waals surface area contributed by atoms with Crippen LogP contribution >= 0.6 is 11.6 Å². The highest BCUT2D eigenvalue weighted by Gasteiger charge is 2.19. The number of hydrogen-bond donors (Lipinski definition) is 1. The maximum Gasteiger partial charge on any atom is 0.0932 e. The van der Waals surface area contributed by atoms with Crippen molar-refractivity contribution >= 4 is 28.2 Å². The van der Waals surface area contributed by atoms with Crippen LogP contribution in [0.2, 0.25) is 5.02 Å². The Balaban J connectivity index is 2.49. The molecule has 0 aliphatic carbocycles. The van der Waals surface area contributed by atoms with Crippen LogP contribution < -0.4 is 5.73 Å². The Hall–Kier alpha value is -1.94. The molecule has 3 aromatic rings. The van der Waals surface area contributed by atoms with Crippen LogP contribution in [0, 0.1) is 6.92 Å². The number of nitrogen functional groups attached to an aromatic ring is 1. The number of aryl methyl sites for hydroxylation is 2. The minimum Gasteiger partial charge on any atom is -0.396 e. The molecule has 2 aromatic heterocycles. The SMILES string of the molecule is Cc1c(-c2c(N)cnn2C)c2cccc(Cl)c2n1C. The lowest BCUT2D eigenvalue weighted by Crippen LogP contribution is -1.98. The number of anilines is 1. The number of aromatic nitrogens is 3. The monoisotopic (exact) mass is 274 g/mol. The molecule has 4 nitrogen and oxygen atoms in total. The van der Waals surface area contributed by atoms with Gasteiger partial charge in [0.15, 0.2) is 0 Å². The van der Waals surface area contributed by atoms with Crippen molar-refractivity contribution in [1.29, 1.82) is 0 Å². The quantitative estimate of drug-likeness (QED) is 0.741. The van der Waals surface area contributed by atoms with Crippen molar-refractivity contribution in [3.63, 3.8) is 0 Å². The summed E-state index contributed by atoms with van der Waals surface area (Å²) in [5.41, 5.74) is 10.9. The normalized spacial score (nSPS) is 11.4. The lowest BCUT2D eigenvalue weighted by molar-refractivity contribution is 0.775. The zero-order valence-electron chi connectivity index (χ0n) is 11.1. The predicted octanol–water partition coefficient (Wildman–Crippen LogP) is 3.12. The van der Waals surface area contributed by atoms with Gasteiger partial charge >= 0.3 is 0 Å². The fourth-order valence-corrected chi connectivity index (χ4v) is 2.95. The maximum absolute atomic E-state index is 6.31. The summed E-state index contributed by atoms with van der Waals surface area (Å²) >= 11 is 6.31. The summed E-state index contributed by atoms with van der Waals surface area (Å²) in [6.07, 6.45) is 1.68. The van der Waals surface area contributed by atoms with Gasteiger partial charge in [0.25, 0.3) is 0 Å². The molecule has 2 heterocycles. The van der Waals surface area contributed by atoms with Crippen molar-refractivity contribution < 1.29 is 0 Å². The fourth-order valence-electron chi connectivity index (χ4n) is 2.65. The van der Waals surface area contributed by atoms with Crippen LogP contribution in [0.5, 0.6) is 0 Å². The Morgan fingerprint density at radius 1 is 1.26 bits per heavy atom. The number of nitrogens with zero attached hydrogens (tertiary/aromatic N) is 3. The first-order valence-electron chi connectivity index (χ1n) is 6.03. The molecule has 3 rings (SSSR count). The molecule has 0 bridgehead atoms. The first kappa shape index (κ1) is 12.1. The molecule has 1 aromatic carbocycles. The van der Waals surface area contributed by atoms with Crippen LogP contribution in [0.25, 0.3) is 22.2 Å². The van der Waals surface area contributed by atoms with Gasteiger partial charge in [-0.3, -0.25) is 4.68 Å². The molecule has 0 unspecified atom stereocenters. The lowest BCUT2D eigenvalue weighted by atomic mass is 10.1. The predicted molar refractivity (Wildman–Crippen MR) is 79.3 cm³/mol. The van der Waals surface area contributed by atoms with Gasteiger partial charge in [-0.2, -0.15) is 5.10 Å². The molecule has 0 atom stereocenters. The summed E-state index contributed by atoms with van der Waals surface area (Å²) in [6, 6.07) is 5.93. The van der Waals surface area contributed by atoms with Crippen molar-refractivity contribution in [2.24, 2.45) is 14.1 Å². The van der Waals surface area contributed by atoms with E-state index in [2.05, 4.69) is 22.7 Å². The van der Waals surface area contributed by atoms with E-state index in [9.17, 15) is 0 Å². The second-order valence-electron chi connectivity index (χ2n) is 4.73. The van der Waals surface area contributed by atoms with Gasteiger partial charge in [0.1, 0.15) is 0 Å². The van der Waals surface area contributed by atoms with Crippen molar-refractivity contribution in [1.82, 2.24) is 14.3 Å². The van der Waals surface area contributed by atoms with Crippen LogP contribution in [0.1, 0.15) is 5.69 Å². The zero-order chi connectivity index (χ0) is 13.7. The van der Waals surface area contributed by atoms with Crippen LogP contribution in [0.3, 0.4) is 0 Å². The smallest absolute Gasteiger partial charge is 0.0932 e. The minimum atomic E-state index is 0.679. The first-order valence-corrected chi connectivity index (χ1v) is 6.41. The molecular formula is C14H15ClN4. The molecule has 0 radical (unpaired) electrons. The maximum atomic E-state index is 6.31. The molecular weight excluding hydrogens is 260 g/mol. The summed E-state index contributed by atoms with van der Waals surface area (Å²) in [7, 11) is 3.91. The number of nitrogens with two attached hydrogens (primary N) is 1. The fraction of sp³-hybridized carbons (Fsp3) is 0.214. The molecule has 2 N–H and O–H groups in total. The Morgan fingerprint density at radius 3 is 2.63 bits per heavy atom. The Morgan fingerprint density at radius 2 is 2.00 bits per heavy atom. The second kappa shape index (κ2) is 4.03. The highest BCUT2D eigenvalue weighted by Crippen LogP contribution is 2.38. The number of para-hydroxylation sites is 1. The van der Waals surface area contributed by atoms with Gasteiger partial charge in [-0.1, -0.05) is 23.7 Å². The van der Waals surface area contributed by atoms with E-state index in [0.717, 1.165) is 32.9 Å². The van der Waals surface area contributed by atoms with E-state index in [0.29, 0.717) is 5.69 Å². The van der Waals surface area contributed by atoms with Gasteiger partial charge in [-0.05, 0) is 13.0 Å². The molecule has 98 valence electrons. The molecule has 0 aliphatic heterocycles. The summed E-state index contributed by atoms with van der Waals surface area (Å²) in [5.74, 6) is 0. The summed E-state index contributed by atoms with van der Waals surface area (Å²) in [5, 5.41) is 6.07. The van der Waals surface area contributed by atoms with E-state index in [1.807, 2.05) is 26.2 Å². The first-order chi connectivity index (χ1) is 9.02. The van der Waals surface area contributed by atoms with Crippen molar-refractivity contribution in [3.05, 3.63) is 35.1 Å².